The highest BCUT2D eigenvalue weighted by molar-refractivity contribution is 5.72. The summed E-state index contributed by atoms with van der Waals surface area (Å²) in [4.78, 5) is 11.3. The van der Waals surface area contributed by atoms with Crippen LogP contribution in [-0.4, -0.2) is 34.5 Å². The van der Waals surface area contributed by atoms with Crippen molar-refractivity contribution < 1.29 is 19.7 Å². The second-order valence-electron chi connectivity index (χ2n) is 5.37. The highest BCUT2D eigenvalue weighted by Gasteiger charge is 2.34. The minimum absolute atomic E-state index is 0.0810. The van der Waals surface area contributed by atoms with Crippen LogP contribution in [0.5, 0.6) is 0 Å². The number of rotatable bonds is 5. The van der Waals surface area contributed by atoms with Gasteiger partial charge in [0, 0.05) is 0 Å². The molecule has 0 bridgehead atoms. The molecule has 17 heavy (non-hydrogen) atoms. The van der Waals surface area contributed by atoms with Crippen LogP contribution >= 0.6 is 0 Å². The van der Waals surface area contributed by atoms with Crippen LogP contribution in [0.15, 0.2) is 0 Å². The Labute approximate surface area is 103 Å². The van der Waals surface area contributed by atoms with E-state index in [4.69, 9.17) is 4.74 Å². The molecule has 0 saturated heterocycles. The normalized spacial score (nSPS) is 30.6. The standard InChI is InChI=1S/C13H24O4/c1-8-5-4-6-11(7-8)12(13(15)16)17-10(3)9(2)14/h8-12,14H,4-7H2,1-3H3,(H,15,16). The molecule has 0 radical (unpaired) electrons. The summed E-state index contributed by atoms with van der Waals surface area (Å²) in [5.41, 5.74) is 0. The van der Waals surface area contributed by atoms with Crippen molar-refractivity contribution in [2.24, 2.45) is 11.8 Å². The Balaban J connectivity index is 2.61. The van der Waals surface area contributed by atoms with E-state index in [1.54, 1.807) is 13.8 Å². The molecule has 4 heteroatoms. The second-order valence-corrected chi connectivity index (χ2v) is 5.37. The van der Waals surface area contributed by atoms with E-state index >= 15 is 0 Å². The predicted molar refractivity (Wildman–Crippen MR) is 64.8 cm³/mol. The van der Waals surface area contributed by atoms with Gasteiger partial charge in [-0.3, -0.25) is 0 Å². The third-order valence-corrected chi connectivity index (χ3v) is 3.69. The zero-order valence-corrected chi connectivity index (χ0v) is 10.9. The average Bonchev–Trinajstić information content (AvgIpc) is 2.24. The zero-order chi connectivity index (χ0) is 13.0. The molecule has 1 fully saturated rings. The second kappa shape index (κ2) is 6.36. The molecular weight excluding hydrogens is 220 g/mol. The molecule has 1 aliphatic carbocycles. The Kier molecular flexibility index (Phi) is 5.40. The maximum atomic E-state index is 11.3. The highest BCUT2D eigenvalue weighted by Crippen LogP contribution is 2.32. The van der Waals surface area contributed by atoms with E-state index in [0.717, 1.165) is 19.3 Å². The van der Waals surface area contributed by atoms with Crippen LogP contribution in [0.25, 0.3) is 0 Å². The number of aliphatic carboxylic acids is 1. The van der Waals surface area contributed by atoms with Crippen LogP contribution in [0.4, 0.5) is 0 Å². The Morgan fingerprint density at radius 2 is 2.00 bits per heavy atom. The number of aliphatic hydroxyl groups excluding tert-OH is 1. The fraction of sp³-hybridized carbons (Fsp3) is 0.923. The van der Waals surface area contributed by atoms with Crippen LogP contribution in [0.3, 0.4) is 0 Å². The summed E-state index contributed by atoms with van der Waals surface area (Å²) >= 11 is 0. The molecule has 0 aromatic carbocycles. The Hall–Kier alpha value is -0.610. The van der Waals surface area contributed by atoms with Crippen molar-refractivity contribution in [2.45, 2.75) is 64.8 Å². The predicted octanol–water partition coefficient (Wildman–Crippen LogP) is 2.05. The summed E-state index contributed by atoms with van der Waals surface area (Å²) < 4.78 is 5.51. The fourth-order valence-electron chi connectivity index (χ4n) is 2.47. The van der Waals surface area contributed by atoms with E-state index in [1.807, 2.05) is 0 Å². The van der Waals surface area contributed by atoms with E-state index in [9.17, 15) is 15.0 Å². The van der Waals surface area contributed by atoms with Crippen LogP contribution < -0.4 is 0 Å². The maximum Gasteiger partial charge on any atom is 0.333 e. The van der Waals surface area contributed by atoms with E-state index < -0.39 is 24.3 Å². The number of hydrogen-bond acceptors (Lipinski definition) is 3. The van der Waals surface area contributed by atoms with Gasteiger partial charge in [0.1, 0.15) is 0 Å². The first kappa shape index (κ1) is 14.5. The fourth-order valence-corrected chi connectivity index (χ4v) is 2.47. The van der Waals surface area contributed by atoms with Gasteiger partial charge in [-0.15, -0.1) is 0 Å². The Morgan fingerprint density at radius 3 is 2.47 bits per heavy atom. The number of aliphatic hydroxyl groups is 1. The van der Waals surface area contributed by atoms with Crippen molar-refractivity contribution in [2.75, 3.05) is 0 Å². The molecule has 0 spiro atoms. The molecule has 5 atom stereocenters. The first-order valence-electron chi connectivity index (χ1n) is 6.48. The number of ether oxygens (including phenoxy) is 1. The first-order chi connectivity index (χ1) is 7.91. The van der Waals surface area contributed by atoms with Gasteiger partial charge < -0.3 is 14.9 Å². The molecule has 0 aliphatic heterocycles. The smallest absolute Gasteiger partial charge is 0.333 e. The molecular formula is C13H24O4. The van der Waals surface area contributed by atoms with Crippen molar-refractivity contribution in [1.29, 1.82) is 0 Å². The molecule has 4 nitrogen and oxygen atoms in total. The zero-order valence-electron chi connectivity index (χ0n) is 10.9. The van der Waals surface area contributed by atoms with Crippen LogP contribution in [0, 0.1) is 11.8 Å². The Morgan fingerprint density at radius 1 is 1.35 bits per heavy atom. The molecule has 2 N–H and O–H groups in total. The summed E-state index contributed by atoms with van der Waals surface area (Å²) in [6.45, 7) is 5.49. The number of hydrogen-bond donors (Lipinski definition) is 2. The van der Waals surface area contributed by atoms with Gasteiger partial charge in [-0.25, -0.2) is 4.79 Å². The largest absolute Gasteiger partial charge is 0.479 e. The molecule has 1 saturated carbocycles. The van der Waals surface area contributed by atoms with Crippen LogP contribution in [-0.2, 0) is 9.53 Å². The SMILES string of the molecule is CC1CCCC(C(OC(C)C(C)O)C(=O)O)C1. The summed E-state index contributed by atoms with van der Waals surface area (Å²) in [7, 11) is 0. The first-order valence-corrected chi connectivity index (χ1v) is 6.48. The average molecular weight is 244 g/mol. The molecule has 0 aromatic heterocycles. The molecule has 5 unspecified atom stereocenters. The Bertz CT molecular complexity index is 252. The monoisotopic (exact) mass is 244 g/mol. The number of carboxylic acids is 1. The van der Waals surface area contributed by atoms with Gasteiger partial charge in [0.2, 0.25) is 0 Å². The van der Waals surface area contributed by atoms with Gasteiger partial charge in [-0.2, -0.15) is 0 Å². The lowest BCUT2D eigenvalue weighted by atomic mass is 9.79. The topological polar surface area (TPSA) is 66.8 Å². The van der Waals surface area contributed by atoms with Crippen molar-refractivity contribution in [1.82, 2.24) is 0 Å². The lowest BCUT2D eigenvalue weighted by Crippen LogP contribution is -2.40. The van der Waals surface area contributed by atoms with Gasteiger partial charge in [-0.1, -0.05) is 19.8 Å². The lowest BCUT2D eigenvalue weighted by Gasteiger charge is -2.32. The van der Waals surface area contributed by atoms with Gasteiger partial charge in [0.05, 0.1) is 12.2 Å². The van der Waals surface area contributed by atoms with Gasteiger partial charge in [0.25, 0.3) is 0 Å². The van der Waals surface area contributed by atoms with Crippen molar-refractivity contribution >= 4 is 5.97 Å². The van der Waals surface area contributed by atoms with Crippen molar-refractivity contribution in [3.63, 3.8) is 0 Å². The lowest BCUT2D eigenvalue weighted by molar-refractivity contribution is -0.165. The minimum atomic E-state index is -0.906. The van der Waals surface area contributed by atoms with Crippen molar-refractivity contribution in [3.05, 3.63) is 0 Å². The minimum Gasteiger partial charge on any atom is -0.479 e. The number of carbonyl (C=O) groups is 1. The molecule has 0 aromatic rings. The summed E-state index contributed by atoms with van der Waals surface area (Å²) in [5.74, 6) is -0.255. The summed E-state index contributed by atoms with van der Waals surface area (Å²) in [6, 6.07) is 0. The van der Waals surface area contributed by atoms with Crippen LogP contribution in [0.2, 0.25) is 0 Å². The molecule has 100 valence electrons. The van der Waals surface area contributed by atoms with E-state index in [-0.39, 0.29) is 5.92 Å². The highest BCUT2D eigenvalue weighted by atomic mass is 16.5. The van der Waals surface area contributed by atoms with E-state index in [2.05, 4.69) is 6.92 Å². The van der Waals surface area contributed by atoms with Crippen molar-refractivity contribution in [3.8, 4) is 0 Å². The van der Waals surface area contributed by atoms with Crippen LogP contribution in [0.1, 0.15) is 46.5 Å². The van der Waals surface area contributed by atoms with Gasteiger partial charge >= 0.3 is 5.97 Å². The number of carboxylic acid groups (broad SMARTS) is 1. The third kappa shape index (κ3) is 4.28. The summed E-state index contributed by atoms with van der Waals surface area (Å²) in [6.07, 6.45) is 2.21. The molecule has 1 aliphatic rings. The van der Waals surface area contributed by atoms with E-state index in [0.29, 0.717) is 5.92 Å². The molecule has 0 amide bonds. The third-order valence-electron chi connectivity index (χ3n) is 3.69. The van der Waals surface area contributed by atoms with Gasteiger partial charge in [-0.05, 0) is 38.5 Å². The maximum absolute atomic E-state index is 11.3. The van der Waals surface area contributed by atoms with Gasteiger partial charge in [0.15, 0.2) is 6.10 Å². The molecule has 1 rings (SSSR count). The molecule has 0 heterocycles. The van der Waals surface area contributed by atoms with E-state index in [1.165, 1.54) is 6.42 Å². The quantitative estimate of drug-likeness (QED) is 0.776. The summed E-state index contributed by atoms with van der Waals surface area (Å²) in [5, 5.41) is 18.6.